The Hall–Kier alpha value is -2.90. The molecule has 0 aliphatic heterocycles. The minimum Gasteiger partial charge on any atom is -0.346 e. The van der Waals surface area contributed by atoms with E-state index in [2.05, 4.69) is 10.3 Å². The van der Waals surface area contributed by atoms with Crippen molar-refractivity contribution in [2.24, 2.45) is 0 Å². The van der Waals surface area contributed by atoms with Gasteiger partial charge in [-0.2, -0.15) is 0 Å². The SMILES string of the molecule is Cc1ccc(C(=O)NCc2ccccn2)cc1N(C)S(=O)(=O)c1ccc(Cl)cc1. The van der Waals surface area contributed by atoms with Gasteiger partial charge >= 0.3 is 0 Å². The molecular formula is C21H20ClN3O3S. The number of nitrogens with one attached hydrogen (secondary N) is 1. The van der Waals surface area contributed by atoms with E-state index in [1.165, 1.54) is 35.6 Å². The number of anilines is 1. The lowest BCUT2D eigenvalue weighted by atomic mass is 10.1. The Kier molecular flexibility index (Phi) is 6.20. The van der Waals surface area contributed by atoms with E-state index in [9.17, 15) is 13.2 Å². The molecule has 3 aromatic rings. The Balaban J connectivity index is 1.84. The molecule has 0 aliphatic rings. The van der Waals surface area contributed by atoms with E-state index < -0.39 is 10.0 Å². The summed E-state index contributed by atoms with van der Waals surface area (Å²) >= 11 is 5.86. The van der Waals surface area contributed by atoms with E-state index >= 15 is 0 Å². The Bertz CT molecular complexity index is 1120. The number of nitrogens with zero attached hydrogens (tertiary/aromatic N) is 2. The molecule has 0 fully saturated rings. The Morgan fingerprint density at radius 2 is 1.83 bits per heavy atom. The van der Waals surface area contributed by atoms with Gasteiger partial charge in [0, 0.05) is 23.8 Å². The molecule has 0 saturated heterocycles. The molecule has 1 N–H and O–H groups in total. The number of pyridine rings is 1. The molecule has 0 spiro atoms. The van der Waals surface area contributed by atoms with Crippen LogP contribution in [0.3, 0.4) is 0 Å². The smallest absolute Gasteiger partial charge is 0.264 e. The zero-order chi connectivity index (χ0) is 21.0. The molecule has 6 nitrogen and oxygen atoms in total. The molecule has 0 unspecified atom stereocenters. The highest BCUT2D eigenvalue weighted by molar-refractivity contribution is 7.92. The zero-order valence-corrected chi connectivity index (χ0v) is 17.5. The van der Waals surface area contributed by atoms with Gasteiger partial charge in [-0.15, -0.1) is 0 Å². The Morgan fingerprint density at radius 1 is 1.10 bits per heavy atom. The molecule has 1 amide bonds. The van der Waals surface area contributed by atoms with Gasteiger partial charge in [-0.1, -0.05) is 23.7 Å². The van der Waals surface area contributed by atoms with E-state index in [1.54, 1.807) is 37.4 Å². The first-order valence-corrected chi connectivity index (χ1v) is 10.6. The van der Waals surface area contributed by atoms with Crippen molar-refractivity contribution in [3.63, 3.8) is 0 Å². The molecule has 150 valence electrons. The second-order valence-electron chi connectivity index (χ2n) is 6.43. The highest BCUT2D eigenvalue weighted by Gasteiger charge is 2.23. The van der Waals surface area contributed by atoms with Crippen LogP contribution in [0.4, 0.5) is 5.69 Å². The number of hydrogen-bond donors (Lipinski definition) is 1. The van der Waals surface area contributed by atoms with Crippen LogP contribution in [0.5, 0.6) is 0 Å². The average Bonchev–Trinajstić information content (AvgIpc) is 2.73. The van der Waals surface area contributed by atoms with Gasteiger partial charge in [-0.25, -0.2) is 8.42 Å². The lowest BCUT2D eigenvalue weighted by Gasteiger charge is -2.22. The maximum atomic E-state index is 13.0. The Morgan fingerprint density at radius 3 is 2.48 bits per heavy atom. The minimum absolute atomic E-state index is 0.119. The molecule has 8 heteroatoms. The molecule has 0 aliphatic carbocycles. The molecule has 29 heavy (non-hydrogen) atoms. The van der Waals surface area contributed by atoms with Crippen molar-refractivity contribution in [3.8, 4) is 0 Å². The summed E-state index contributed by atoms with van der Waals surface area (Å²) in [6.07, 6.45) is 1.65. The van der Waals surface area contributed by atoms with E-state index in [1.807, 2.05) is 12.1 Å². The summed E-state index contributed by atoms with van der Waals surface area (Å²) in [5.74, 6) is -0.311. The number of aryl methyl sites for hydroxylation is 1. The summed E-state index contributed by atoms with van der Waals surface area (Å²) in [6, 6.07) is 16.4. The third kappa shape index (κ3) is 4.75. The van der Waals surface area contributed by atoms with Crippen LogP contribution in [0.15, 0.2) is 71.8 Å². The number of amides is 1. The summed E-state index contributed by atoms with van der Waals surface area (Å²) in [6.45, 7) is 2.07. The van der Waals surface area contributed by atoms with Crippen LogP contribution in [0.1, 0.15) is 21.6 Å². The molecule has 0 bridgehead atoms. The molecule has 2 aromatic carbocycles. The summed E-state index contributed by atoms with van der Waals surface area (Å²) in [5.41, 5.74) is 2.24. The second kappa shape index (κ2) is 8.63. The van der Waals surface area contributed by atoms with Gasteiger partial charge in [0.15, 0.2) is 0 Å². The monoisotopic (exact) mass is 429 g/mol. The van der Waals surface area contributed by atoms with Crippen LogP contribution >= 0.6 is 11.6 Å². The predicted octanol–water partition coefficient (Wildman–Crippen LogP) is 3.80. The van der Waals surface area contributed by atoms with Crippen LogP contribution in [0.25, 0.3) is 0 Å². The van der Waals surface area contributed by atoms with Crippen LogP contribution in [-0.2, 0) is 16.6 Å². The lowest BCUT2D eigenvalue weighted by molar-refractivity contribution is 0.0950. The first-order valence-electron chi connectivity index (χ1n) is 8.82. The van der Waals surface area contributed by atoms with Gasteiger partial charge in [0.05, 0.1) is 22.8 Å². The number of carbonyl (C=O) groups is 1. The molecule has 3 rings (SSSR count). The summed E-state index contributed by atoms with van der Waals surface area (Å²) in [7, 11) is -2.34. The third-order valence-corrected chi connectivity index (χ3v) is 6.48. The van der Waals surface area contributed by atoms with E-state index in [-0.39, 0.29) is 17.3 Å². The fourth-order valence-corrected chi connectivity index (χ4v) is 4.14. The number of carbonyl (C=O) groups excluding carboxylic acids is 1. The van der Waals surface area contributed by atoms with Crippen LogP contribution < -0.4 is 9.62 Å². The van der Waals surface area contributed by atoms with Crippen molar-refractivity contribution in [2.75, 3.05) is 11.4 Å². The standard InChI is InChI=1S/C21H20ClN3O3S/c1-15-6-7-16(21(26)24-14-18-5-3-4-12-23-18)13-20(15)25(2)29(27,28)19-10-8-17(22)9-11-19/h3-13H,14H2,1-2H3,(H,24,26). The maximum absolute atomic E-state index is 13.0. The highest BCUT2D eigenvalue weighted by Crippen LogP contribution is 2.27. The molecule has 0 radical (unpaired) electrons. The first-order chi connectivity index (χ1) is 13.8. The van der Waals surface area contributed by atoms with Gasteiger partial charge < -0.3 is 5.32 Å². The number of benzene rings is 2. The Labute approximate surface area is 175 Å². The van der Waals surface area contributed by atoms with Crippen LogP contribution in [0, 0.1) is 6.92 Å². The molecule has 1 heterocycles. The fourth-order valence-electron chi connectivity index (χ4n) is 2.76. The van der Waals surface area contributed by atoms with E-state index in [4.69, 9.17) is 11.6 Å². The summed E-state index contributed by atoms with van der Waals surface area (Å²) < 4.78 is 27.1. The number of hydrogen-bond acceptors (Lipinski definition) is 4. The van der Waals surface area contributed by atoms with Crippen molar-refractivity contribution < 1.29 is 13.2 Å². The average molecular weight is 430 g/mol. The minimum atomic E-state index is -3.80. The van der Waals surface area contributed by atoms with Crippen molar-refractivity contribution in [1.29, 1.82) is 0 Å². The lowest BCUT2D eigenvalue weighted by Crippen LogP contribution is -2.28. The molecule has 0 atom stereocenters. The quantitative estimate of drug-likeness (QED) is 0.646. The summed E-state index contributed by atoms with van der Waals surface area (Å²) in [5, 5.41) is 3.25. The first kappa shape index (κ1) is 20.8. The van der Waals surface area contributed by atoms with Crippen LogP contribution in [-0.4, -0.2) is 26.4 Å². The van der Waals surface area contributed by atoms with Gasteiger partial charge in [0.2, 0.25) is 0 Å². The highest BCUT2D eigenvalue weighted by atomic mass is 35.5. The second-order valence-corrected chi connectivity index (χ2v) is 8.84. The van der Waals surface area contributed by atoms with Crippen molar-refractivity contribution in [2.45, 2.75) is 18.4 Å². The third-order valence-electron chi connectivity index (χ3n) is 4.44. The molecule has 0 saturated carbocycles. The number of aromatic nitrogens is 1. The van der Waals surface area contributed by atoms with Crippen molar-refractivity contribution >= 4 is 33.2 Å². The topological polar surface area (TPSA) is 79.4 Å². The van der Waals surface area contributed by atoms with Crippen LogP contribution in [0.2, 0.25) is 5.02 Å². The normalized spacial score (nSPS) is 11.1. The molecule has 1 aromatic heterocycles. The number of sulfonamides is 1. The van der Waals surface area contributed by atoms with Gasteiger partial charge in [0.25, 0.3) is 15.9 Å². The zero-order valence-electron chi connectivity index (χ0n) is 16.0. The van der Waals surface area contributed by atoms with E-state index in [0.29, 0.717) is 16.3 Å². The summed E-state index contributed by atoms with van der Waals surface area (Å²) in [4.78, 5) is 16.8. The fraction of sp³-hybridized carbons (Fsp3) is 0.143. The van der Waals surface area contributed by atoms with Gasteiger partial charge in [0.1, 0.15) is 0 Å². The van der Waals surface area contributed by atoms with Crippen molar-refractivity contribution in [1.82, 2.24) is 10.3 Å². The number of halogens is 1. The maximum Gasteiger partial charge on any atom is 0.264 e. The predicted molar refractivity (Wildman–Crippen MR) is 114 cm³/mol. The number of rotatable bonds is 6. The van der Waals surface area contributed by atoms with Gasteiger partial charge in [-0.3, -0.25) is 14.1 Å². The van der Waals surface area contributed by atoms with Crippen molar-refractivity contribution in [3.05, 3.63) is 88.7 Å². The largest absolute Gasteiger partial charge is 0.346 e. The van der Waals surface area contributed by atoms with Gasteiger partial charge in [-0.05, 0) is 61.0 Å². The molecular weight excluding hydrogens is 410 g/mol. The van der Waals surface area contributed by atoms with E-state index in [0.717, 1.165) is 11.3 Å².